The number of thioether (sulfide) groups is 1. The summed E-state index contributed by atoms with van der Waals surface area (Å²) in [7, 11) is 0. The number of rotatable bonds is 3. The molecule has 6 heteroatoms. The van der Waals surface area contributed by atoms with Gasteiger partial charge in [0.15, 0.2) is 5.17 Å². The molecule has 1 aliphatic heterocycles. The lowest BCUT2D eigenvalue weighted by molar-refractivity contribution is 0.100. The number of anilines is 1. The van der Waals surface area contributed by atoms with E-state index in [1.165, 1.54) is 0 Å². The molecule has 0 saturated carbocycles. The standard InChI is InChI=1S/C18H16Cl2N2OS/c1-2-15-11-24-18(21-15)22(16-9-7-14(20)8-10-16)17(23)12-3-5-13(19)6-4-12/h3-10,15H,2,11H2,1H3. The summed E-state index contributed by atoms with van der Waals surface area (Å²) in [6, 6.07) is 14.3. The van der Waals surface area contributed by atoms with Crippen LogP contribution in [0.4, 0.5) is 5.69 Å². The number of hydrogen-bond acceptors (Lipinski definition) is 3. The highest BCUT2D eigenvalue weighted by Gasteiger charge is 2.28. The second-order valence-electron chi connectivity index (χ2n) is 5.41. The van der Waals surface area contributed by atoms with Gasteiger partial charge in [-0.1, -0.05) is 41.9 Å². The van der Waals surface area contributed by atoms with Crippen molar-refractivity contribution in [3.63, 3.8) is 0 Å². The van der Waals surface area contributed by atoms with E-state index in [4.69, 9.17) is 28.2 Å². The van der Waals surface area contributed by atoms with Gasteiger partial charge < -0.3 is 0 Å². The smallest absolute Gasteiger partial charge is 0.264 e. The van der Waals surface area contributed by atoms with E-state index < -0.39 is 0 Å². The highest BCUT2D eigenvalue weighted by atomic mass is 35.5. The molecule has 3 rings (SSSR count). The van der Waals surface area contributed by atoms with Gasteiger partial charge in [-0.3, -0.25) is 14.7 Å². The van der Waals surface area contributed by atoms with Gasteiger partial charge in [-0.25, -0.2) is 0 Å². The van der Waals surface area contributed by atoms with E-state index in [2.05, 4.69) is 6.92 Å². The van der Waals surface area contributed by atoms with E-state index in [1.807, 2.05) is 12.1 Å². The largest absolute Gasteiger partial charge is 0.268 e. The Hall–Kier alpha value is -1.49. The molecule has 0 fully saturated rings. The van der Waals surface area contributed by atoms with Crippen molar-refractivity contribution in [1.82, 2.24) is 0 Å². The summed E-state index contributed by atoms with van der Waals surface area (Å²) in [5.41, 5.74) is 1.32. The Labute approximate surface area is 155 Å². The lowest BCUT2D eigenvalue weighted by Crippen LogP contribution is -2.34. The number of carbonyl (C=O) groups is 1. The van der Waals surface area contributed by atoms with Crippen LogP contribution in [0.1, 0.15) is 23.7 Å². The maximum Gasteiger partial charge on any atom is 0.264 e. The lowest BCUT2D eigenvalue weighted by Gasteiger charge is -2.22. The van der Waals surface area contributed by atoms with Crippen molar-refractivity contribution >= 4 is 51.7 Å². The molecule has 2 aromatic carbocycles. The van der Waals surface area contributed by atoms with E-state index in [1.54, 1.807) is 53.1 Å². The fourth-order valence-electron chi connectivity index (χ4n) is 2.36. The molecule has 0 N–H and O–H groups in total. The van der Waals surface area contributed by atoms with E-state index in [9.17, 15) is 4.79 Å². The first kappa shape index (κ1) is 17.3. The molecule has 24 heavy (non-hydrogen) atoms. The van der Waals surface area contributed by atoms with Crippen LogP contribution in [-0.4, -0.2) is 22.9 Å². The first-order valence-electron chi connectivity index (χ1n) is 7.64. The van der Waals surface area contributed by atoms with E-state index in [0.29, 0.717) is 15.6 Å². The summed E-state index contributed by atoms with van der Waals surface area (Å²) in [6.45, 7) is 2.10. The number of amidine groups is 1. The fourth-order valence-corrected chi connectivity index (χ4v) is 3.80. The lowest BCUT2D eigenvalue weighted by atomic mass is 10.2. The van der Waals surface area contributed by atoms with Crippen LogP contribution >= 0.6 is 35.0 Å². The summed E-state index contributed by atoms with van der Waals surface area (Å²) >= 11 is 13.5. The molecule has 1 amide bonds. The van der Waals surface area contributed by atoms with Gasteiger partial charge >= 0.3 is 0 Å². The zero-order chi connectivity index (χ0) is 17.1. The van der Waals surface area contributed by atoms with Crippen molar-refractivity contribution in [2.75, 3.05) is 10.7 Å². The van der Waals surface area contributed by atoms with Gasteiger partial charge in [-0.05, 0) is 55.0 Å². The quantitative estimate of drug-likeness (QED) is 0.703. The average molecular weight is 379 g/mol. The van der Waals surface area contributed by atoms with Gasteiger partial charge in [-0.15, -0.1) is 0 Å². The molecule has 1 aliphatic rings. The first-order valence-corrected chi connectivity index (χ1v) is 9.39. The molecule has 0 aliphatic carbocycles. The SMILES string of the molecule is CCC1CSC(N(C(=O)c2ccc(Cl)cc2)c2ccc(Cl)cc2)=N1. The van der Waals surface area contributed by atoms with Gasteiger partial charge in [0.2, 0.25) is 0 Å². The van der Waals surface area contributed by atoms with Crippen LogP contribution in [0, 0.1) is 0 Å². The number of hydrogen-bond donors (Lipinski definition) is 0. The Morgan fingerprint density at radius 3 is 2.25 bits per heavy atom. The van der Waals surface area contributed by atoms with Crippen molar-refractivity contribution in [2.45, 2.75) is 19.4 Å². The Bertz CT molecular complexity index is 760. The molecule has 0 saturated heterocycles. The van der Waals surface area contributed by atoms with Crippen LogP contribution in [0.3, 0.4) is 0 Å². The van der Waals surface area contributed by atoms with Crippen molar-refractivity contribution in [3.05, 3.63) is 64.1 Å². The minimum absolute atomic E-state index is 0.128. The summed E-state index contributed by atoms with van der Waals surface area (Å²) in [5, 5.41) is 1.96. The van der Waals surface area contributed by atoms with Gasteiger partial charge in [0, 0.05) is 21.4 Å². The Morgan fingerprint density at radius 2 is 1.71 bits per heavy atom. The van der Waals surface area contributed by atoms with E-state index in [-0.39, 0.29) is 11.9 Å². The molecule has 1 unspecified atom stereocenters. The topological polar surface area (TPSA) is 32.7 Å². The zero-order valence-corrected chi connectivity index (χ0v) is 15.4. The number of aliphatic imine (C=N–C) groups is 1. The van der Waals surface area contributed by atoms with Gasteiger partial charge in [0.1, 0.15) is 0 Å². The Balaban J connectivity index is 2.00. The molecule has 0 bridgehead atoms. The van der Waals surface area contributed by atoms with E-state index >= 15 is 0 Å². The Kier molecular flexibility index (Phi) is 5.49. The molecule has 0 aromatic heterocycles. The second kappa shape index (κ2) is 7.60. The molecule has 0 spiro atoms. The summed E-state index contributed by atoms with van der Waals surface area (Å²) < 4.78 is 0. The molecular weight excluding hydrogens is 363 g/mol. The van der Waals surface area contributed by atoms with Crippen LogP contribution in [0.5, 0.6) is 0 Å². The predicted octanol–water partition coefficient (Wildman–Crippen LogP) is 5.52. The van der Waals surface area contributed by atoms with Gasteiger partial charge in [0.25, 0.3) is 5.91 Å². The molecule has 3 nitrogen and oxygen atoms in total. The van der Waals surface area contributed by atoms with Crippen LogP contribution < -0.4 is 4.90 Å². The molecule has 0 radical (unpaired) electrons. The zero-order valence-electron chi connectivity index (χ0n) is 13.1. The maximum absolute atomic E-state index is 13.1. The number of halogens is 2. The third-order valence-corrected chi connectivity index (χ3v) is 5.34. The number of benzene rings is 2. The summed E-state index contributed by atoms with van der Waals surface area (Å²) in [6.07, 6.45) is 0.958. The maximum atomic E-state index is 13.1. The third-order valence-electron chi connectivity index (χ3n) is 3.74. The number of amides is 1. The highest BCUT2D eigenvalue weighted by molar-refractivity contribution is 8.14. The number of nitrogens with zero attached hydrogens (tertiary/aromatic N) is 2. The molecular formula is C18H16Cl2N2OS. The molecule has 2 aromatic rings. The summed E-state index contributed by atoms with van der Waals surface area (Å²) in [5.74, 6) is 0.765. The van der Waals surface area contributed by atoms with Crippen molar-refractivity contribution < 1.29 is 4.79 Å². The second-order valence-corrected chi connectivity index (χ2v) is 7.27. The summed E-state index contributed by atoms with van der Waals surface area (Å²) in [4.78, 5) is 19.4. The van der Waals surface area contributed by atoms with Crippen molar-refractivity contribution in [1.29, 1.82) is 0 Å². The monoisotopic (exact) mass is 378 g/mol. The van der Waals surface area contributed by atoms with Gasteiger partial charge in [0.05, 0.1) is 11.7 Å². The van der Waals surface area contributed by atoms with Gasteiger partial charge in [-0.2, -0.15) is 0 Å². The predicted molar refractivity (Wildman–Crippen MR) is 104 cm³/mol. The fraction of sp³-hybridized carbons (Fsp3) is 0.222. The van der Waals surface area contributed by atoms with Crippen LogP contribution in [-0.2, 0) is 0 Å². The average Bonchev–Trinajstić information content (AvgIpc) is 3.06. The van der Waals surface area contributed by atoms with Crippen LogP contribution in [0.2, 0.25) is 10.0 Å². The Morgan fingerprint density at radius 1 is 1.12 bits per heavy atom. The van der Waals surface area contributed by atoms with Crippen molar-refractivity contribution in [3.8, 4) is 0 Å². The minimum atomic E-state index is -0.128. The van der Waals surface area contributed by atoms with Crippen LogP contribution in [0.25, 0.3) is 0 Å². The third kappa shape index (κ3) is 3.77. The van der Waals surface area contributed by atoms with Crippen molar-refractivity contribution in [2.24, 2.45) is 4.99 Å². The molecule has 1 atom stereocenters. The molecule has 1 heterocycles. The normalized spacial score (nSPS) is 16.8. The number of carbonyl (C=O) groups excluding carboxylic acids is 1. The minimum Gasteiger partial charge on any atom is -0.268 e. The molecule has 124 valence electrons. The highest BCUT2D eigenvalue weighted by Crippen LogP contribution is 2.29. The first-order chi connectivity index (χ1) is 11.6. The van der Waals surface area contributed by atoms with Crippen LogP contribution in [0.15, 0.2) is 53.5 Å². The van der Waals surface area contributed by atoms with E-state index in [0.717, 1.165) is 23.0 Å².